The minimum atomic E-state index is -1.18. The number of carbonyl (C=O) groups is 2. The molecule has 0 heterocycles. The Morgan fingerprint density at radius 3 is 0.648 bits per heavy atom. The quantitative estimate of drug-likeness (QED) is 0.0484. The minimum Gasteiger partial charge on any atom is -0.545 e. The zero-order valence-corrected chi connectivity index (χ0v) is 48.1. The number of carboxylic acids is 2. The van der Waals surface area contributed by atoms with Gasteiger partial charge in [0, 0.05) is 11.1 Å². The van der Waals surface area contributed by atoms with E-state index in [-0.39, 0.29) is 34.2 Å². The third-order valence-electron chi connectivity index (χ3n) is 14.2. The molecule has 0 atom stereocenters. The van der Waals surface area contributed by atoms with Crippen molar-refractivity contribution in [2.45, 2.75) is 309 Å². The second kappa shape index (κ2) is 55.5. The molecule has 0 spiro atoms. The summed E-state index contributed by atoms with van der Waals surface area (Å²) < 4.78 is 11.2. The largest absolute Gasteiger partial charge is 2.00 e. The van der Waals surface area contributed by atoms with Gasteiger partial charge in [0.05, 0.1) is 25.2 Å². The smallest absolute Gasteiger partial charge is 0.545 e. The zero-order valence-electron chi connectivity index (χ0n) is 46.7. The van der Waals surface area contributed by atoms with Crippen molar-refractivity contribution in [1.82, 2.24) is 0 Å². The molecule has 0 fully saturated rings. The van der Waals surface area contributed by atoms with Crippen molar-refractivity contribution in [2.75, 3.05) is 13.2 Å². The predicted molar refractivity (Wildman–Crippen MR) is 302 cm³/mol. The standard InChI is InChI=1S/2C32H56O3.Mg/c2*1-2-3-4-5-6-7-8-9-10-11-12-13-14-15-16-17-18-19-20-21-22-23-26-29-35-31-28-25-24-27-30(31)32(33)34;/h2*24-25,27-28H,2-23,26,29H2,1H3,(H,33,34);/q;;+2/p-2. The fourth-order valence-corrected chi connectivity index (χ4v) is 9.66. The number of ether oxygens (including phenoxy) is 2. The van der Waals surface area contributed by atoms with Crippen molar-refractivity contribution in [3.8, 4) is 11.5 Å². The van der Waals surface area contributed by atoms with E-state index >= 15 is 0 Å². The molecule has 71 heavy (non-hydrogen) atoms. The fraction of sp³-hybridized carbons (Fsp3) is 0.781. The number of para-hydroxylation sites is 2. The average molecular weight is 1000 g/mol. The number of carbonyl (C=O) groups excluding carboxylic acids is 2. The molecular weight excluding hydrogens is 889 g/mol. The van der Waals surface area contributed by atoms with Crippen LogP contribution in [-0.4, -0.2) is 48.2 Å². The van der Waals surface area contributed by atoms with E-state index in [4.69, 9.17) is 9.47 Å². The molecule has 0 unspecified atom stereocenters. The first-order valence-corrected chi connectivity index (χ1v) is 30.4. The van der Waals surface area contributed by atoms with Crippen LogP contribution in [0, 0.1) is 0 Å². The van der Waals surface area contributed by atoms with Crippen LogP contribution in [0.2, 0.25) is 0 Å². The first-order chi connectivity index (χ1) is 34.5. The van der Waals surface area contributed by atoms with Gasteiger partial charge < -0.3 is 29.3 Å². The number of aromatic carboxylic acids is 2. The first kappa shape index (κ1) is 68.7. The van der Waals surface area contributed by atoms with Gasteiger partial charge in [0.25, 0.3) is 0 Å². The summed E-state index contributed by atoms with van der Waals surface area (Å²) >= 11 is 0. The van der Waals surface area contributed by atoms with Gasteiger partial charge in [-0.3, -0.25) is 0 Å². The first-order valence-electron chi connectivity index (χ1n) is 30.4. The number of hydrogen-bond acceptors (Lipinski definition) is 6. The van der Waals surface area contributed by atoms with Crippen LogP contribution in [0.25, 0.3) is 0 Å². The van der Waals surface area contributed by atoms with Crippen molar-refractivity contribution in [1.29, 1.82) is 0 Å². The van der Waals surface area contributed by atoms with Gasteiger partial charge in [0.1, 0.15) is 11.5 Å². The molecule has 0 bridgehead atoms. The van der Waals surface area contributed by atoms with Crippen LogP contribution < -0.4 is 19.7 Å². The summed E-state index contributed by atoms with van der Waals surface area (Å²) in [5.41, 5.74) is 0.281. The SMILES string of the molecule is CCCCCCCCCCCCCCCCCCCCCCCCCOc1ccccc1C(=O)[O-].CCCCCCCCCCCCCCCCCCCCCCCCCOc1ccccc1C(=O)[O-].[Mg+2]. The van der Waals surface area contributed by atoms with Gasteiger partial charge in [-0.15, -0.1) is 0 Å². The van der Waals surface area contributed by atoms with Crippen molar-refractivity contribution < 1.29 is 29.3 Å². The molecule has 0 N–H and O–H groups in total. The second-order valence-corrected chi connectivity index (χ2v) is 20.8. The van der Waals surface area contributed by atoms with Gasteiger partial charge >= 0.3 is 23.1 Å². The van der Waals surface area contributed by atoms with E-state index in [2.05, 4.69) is 13.8 Å². The maximum absolute atomic E-state index is 11.1. The van der Waals surface area contributed by atoms with Crippen LogP contribution in [0.1, 0.15) is 330 Å². The Morgan fingerprint density at radius 1 is 0.296 bits per heavy atom. The van der Waals surface area contributed by atoms with Crippen molar-refractivity contribution >= 4 is 35.0 Å². The molecule has 2 aromatic carbocycles. The van der Waals surface area contributed by atoms with Crippen molar-refractivity contribution in [3.63, 3.8) is 0 Å². The fourth-order valence-electron chi connectivity index (χ4n) is 9.66. The topological polar surface area (TPSA) is 98.7 Å². The number of hydrogen-bond donors (Lipinski definition) is 0. The van der Waals surface area contributed by atoms with Crippen LogP contribution in [0.3, 0.4) is 0 Å². The molecule has 7 heteroatoms. The summed E-state index contributed by atoms with van der Waals surface area (Å²) in [7, 11) is 0. The molecule has 0 aliphatic rings. The Kier molecular flexibility index (Phi) is 53.7. The van der Waals surface area contributed by atoms with E-state index in [9.17, 15) is 19.8 Å². The Morgan fingerprint density at radius 2 is 0.465 bits per heavy atom. The summed E-state index contributed by atoms with van der Waals surface area (Å²) in [6, 6.07) is 13.4. The number of benzene rings is 2. The molecule has 2 aromatic rings. The molecule has 0 aromatic heterocycles. The summed E-state index contributed by atoms with van der Waals surface area (Å²) in [4.78, 5) is 22.1. The monoisotopic (exact) mass is 999 g/mol. The van der Waals surface area contributed by atoms with Crippen LogP contribution in [0.4, 0.5) is 0 Å². The van der Waals surface area contributed by atoms with E-state index in [1.165, 1.54) is 282 Å². The Hall–Kier alpha value is -2.25. The Bertz CT molecular complexity index is 1310. The Labute approximate surface area is 455 Å². The number of rotatable bonds is 52. The average Bonchev–Trinajstić information content (AvgIpc) is 3.37. The zero-order chi connectivity index (χ0) is 50.5. The van der Waals surface area contributed by atoms with Crippen LogP contribution in [0.5, 0.6) is 11.5 Å². The molecule has 0 amide bonds. The molecule has 0 saturated heterocycles. The molecular formula is C64H110MgO6. The third kappa shape index (κ3) is 46.0. The number of unbranched alkanes of at least 4 members (excludes halogenated alkanes) is 44. The molecule has 0 aliphatic carbocycles. The summed E-state index contributed by atoms with van der Waals surface area (Å²) in [5, 5.41) is 22.1. The van der Waals surface area contributed by atoms with Crippen molar-refractivity contribution in [3.05, 3.63) is 59.7 Å². The normalized spacial score (nSPS) is 11.0. The van der Waals surface area contributed by atoms with Crippen LogP contribution >= 0.6 is 0 Å². The Balaban J connectivity index is 0.00000136. The molecule has 0 saturated carbocycles. The van der Waals surface area contributed by atoms with Gasteiger partial charge in [-0.25, -0.2) is 0 Å². The molecule has 2 rings (SSSR count). The second-order valence-electron chi connectivity index (χ2n) is 20.8. The van der Waals surface area contributed by atoms with E-state index in [0.717, 1.165) is 25.7 Å². The minimum absolute atomic E-state index is 0. The van der Waals surface area contributed by atoms with Gasteiger partial charge in [-0.05, 0) is 37.1 Å². The molecule has 0 radical (unpaired) electrons. The molecule has 404 valence electrons. The molecule has 0 aliphatic heterocycles. The summed E-state index contributed by atoms with van der Waals surface area (Å²) in [6.45, 7) is 5.73. The summed E-state index contributed by atoms with van der Waals surface area (Å²) in [5.74, 6) is -1.51. The van der Waals surface area contributed by atoms with E-state index in [1.807, 2.05) is 0 Å². The van der Waals surface area contributed by atoms with E-state index < -0.39 is 11.9 Å². The van der Waals surface area contributed by atoms with Gasteiger partial charge in [0.2, 0.25) is 0 Å². The van der Waals surface area contributed by atoms with E-state index in [0.29, 0.717) is 24.7 Å². The maximum Gasteiger partial charge on any atom is 2.00 e. The van der Waals surface area contributed by atoms with Crippen LogP contribution in [-0.2, 0) is 0 Å². The van der Waals surface area contributed by atoms with Gasteiger partial charge in [0.15, 0.2) is 0 Å². The number of carboxylic acid groups (broad SMARTS) is 2. The third-order valence-corrected chi connectivity index (χ3v) is 14.2. The van der Waals surface area contributed by atoms with E-state index in [1.54, 1.807) is 36.4 Å². The molecule has 6 nitrogen and oxygen atoms in total. The summed E-state index contributed by atoms with van der Waals surface area (Å²) in [6.07, 6.45) is 63.6. The van der Waals surface area contributed by atoms with Gasteiger partial charge in [-0.2, -0.15) is 0 Å². The van der Waals surface area contributed by atoms with Gasteiger partial charge in [-0.1, -0.05) is 321 Å². The van der Waals surface area contributed by atoms with Crippen molar-refractivity contribution in [2.24, 2.45) is 0 Å². The maximum atomic E-state index is 11.1. The predicted octanol–water partition coefficient (Wildman–Crippen LogP) is 18.5. The van der Waals surface area contributed by atoms with Crippen LogP contribution in [0.15, 0.2) is 48.5 Å².